The Morgan fingerprint density at radius 3 is 2.32 bits per heavy atom. The van der Waals surface area contributed by atoms with Gasteiger partial charge in [-0.15, -0.1) is 0 Å². The lowest BCUT2D eigenvalue weighted by molar-refractivity contribution is -0.136. The molecule has 0 bridgehead atoms. The number of imide groups is 2. The summed E-state index contributed by atoms with van der Waals surface area (Å²) in [6.45, 7) is 3.53. The summed E-state index contributed by atoms with van der Waals surface area (Å²) in [5.41, 5.74) is 1.48. The molecule has 0 radical (unpaired) electrons. The first-order valence-corrected chi connectivity index (χ1v) is 10.8. The van der Waals surface area contributed by atoms with E-state index in [1.54, 1.807) is 12.1 Å². The van der Waals surface area contributed by atoms with E-state index in [0.717, 1.165) is 55.9 Å². The number of benzene rings is 1. The molecule has 1 unspecified atom stereocenters. The van der Waals surface area contributed by atoms with Crippen LogP contribution in [0.5, 0.6) is 0 Å². The minimum atomic E-state index is -0.948. The second-order valence-electron chi connectivity index (χ2n) is 8.75. The molecule has 4 amide bonds. The smallest absolute Gasteiger partial charge is 0.262 e. The van der Waals surface area contributed by atoms with Gasteiger partial charge in [-0.05, 0) is 50.6 Å². The van der Waals surface area contributed by atoms with Crippen molar-refractivity contribution >= 4 is 35.6 Å². The predicted octanol–water partition coefficient (Wildman–Crippen LogP) is 0.187. The number of piperidine rings is 2. The Morgan fingerprint density at radius 2 is 1.65 bits per heavy atom. The molecule has 1 N–H and O–H groups in total. The second kappa shape index (κ2) is 7.56. The number of likely N-dealkylation sites (tertiary alicyclic amines) is 1. The lowest BCUT2D eigenvalue weighted by Gasteiger charge is -2.48. The van der Waals surface area contributed by atoms with Crippen molar-refractivity contribution in [1.29, 1.82) is 0 Å². The van der Waals surface area contributed by atoms with Gasteiger partial charge in [0.15, 0.2) is 0 Å². The van der Waals surface area contributed by atoms with E-state index in [4.69, 9.17) is 0 Å². The normalized spacial score (nSPS) is 25.5. The lowest BCUT2D eigenvalue weighted by Crippen LogP contribution is -2.61. The molecule has 0 aliphatic carbocycles. The fourth-order valence-corrected chi connectivity index (χ4v) is 4.97. The van der Waals surface area contributed by atoms with Gasteiger partial charge in [-0.3, -0.25) is 34.3 Å². The third kappa shape index (κ3) is 3.33. The first-order chi connectivity index (χ1) is 15.0. The maximum Gasteiger partial charge on any atom is 0.262 e. The first kappa shape index (κ1) is 19.9. The first-order valence-electron chi connectivity index (χ1n) is 10.8. The quantitative estimate of drug-likeness (QED) is 0.543. The fraction of sp³-hybridized carbons (Fsp3) is 0.500. The topological polar surface area (TPSA) is 107 Å². The van der Waals surface area contributed by atoms with Crippen LogP contribution >= 0.6 is 0 Å². The van der Waals surface area contributed by atoms with Crippen LogP contribution in [0.1, 0.15) is 46.4 Å². The Labute approximate surface area is 179 Å². The Bertz CT molecular complexity index is 978. The Morgan fingerprint density at radius 1 is 0.935 bits per heavy atom. The molecule has 1 aromatic rings. The number of fused-ring (bicyclic) bond motifs is 1. The number of hydrogen-bond donors (Lipinski definition) is 1. The SMILES string of the molecule is O=CC1CCN(C2CN(c3ccc4c(c3)C(=O)N(C3CCC(=O)NC3=O)C4=O)C2)CC1. The van der Waals surface area contributed by atoms with Crippen molar-refractivity contribution in [1.82, 2.24) is 15.1 Å². The van der Waals surface area contributed by atoms with Crippen molar-refractivity contribution in [2.24, 2.45) is 5.92 Å². The number of hydrogen-bond acceptors (Lipinski definition) is 7. The van der Waals surface area contributed by atoms with Crippen LogP contribution in [-0.4, -0.2) is 78.0 Å². The Hall–Kier alpha value is -3.07. The minimum Gasteiger partial charge on any atom is -0.368 e. The van der Waals surface area contributed by atoms with Crippen LogP contribution in [-0.2, 0) is 14.4 Å². The third-order valence-electron chi connectivity index (χ3n) is 6.93. The highest BCUT2D eigenvalue weighted by Gasteiger charge is 2.45. The number of nitrogens with one attached hydrogen (secondary N) is 1. The zero-order valence-electron chi connectivity index (χ0n) is 17.1. The van der Waals surface area contributed by atoms with Crippen LogP contribution < -0.4 is 10.2 Å². The molecule has 9 heteroatoms. The van der Waals surface area contributed by atoms with Gasteiger partial charge in [0.1, 0.15) is 12.3 Å². The van der Waals surface area contributed by atoms with Crippen molar-refractivity contribution in [3.63, 3.8) is 0 Å². The highest BCUT2D eigenvalue weighted by Crippen LogP contribution is 2.33. The minimum absolute atomic E-state index is 0.105. The molecule has 4 aliphatic heterocycles. The van der Waals surface area contributed by atoms with Gasteiger partial charge < -0.3 is 9.69 Å². The van der Waals surface area contributed by atoms with Gasteiger partial charge >= 0.3 is 0 Å². The van der Waals surface area contributed by atoms with Crippen molar-refractivity contribution < 1.29 is 24.0 Å². The summed E-state index contributed by atoms with van der Waals surface area (Å²) >= 11 is 0. The predicted molar refractivity (Wildman–Crippen MR) is 109 cm³/mol. The molecule has 4 heterocycles. The summed E-state index contributed by atoms with van der Waals surface area (Å²) < 4.78 is 0. The van der Waals surface area contributed by atoms with Gasteiger partial charge in [-0.25, -0.2) is 0 Å². The van der Waals surface area contributed by atoms with E-state index < -0.39 is 23.8 Å². The van der Waals surface area contributed by atoms with Crippen molar-refractivity contribution in [3.8, 4) is 0 Å². The van der Waals surface area contributed by atoms with E-state index >= 15 is 0 Å². The van der Waals surface area contributed by atoms with E-state index in [1.165, 1.54) is 0 Å². The van der Waals surface area contributed by atoms with Gasteiger partial charge in [0.25, 0.3) is 11.8 Å². The van der Waals surface area contributed by atoms with E-state index in [2.05, 4.69) is 15.1 Å². The molecular weight excluding hydrogens is 400 g/mol. The van der Waals surface area contributed by atoms with E-state index in [0.29, 0.717) is 17.2 Å². The van der Waals surface area contributed by atoms with Crippen LogP contribution in [0.15, 0.2) is 18.2 Å². The summed E-state index contributed by atoms with van der Waals surface area (Å²) in [6, 6.07) is 4.71. The standard InChI is InChI=1S/C22H24N4O5/c27-12-13-5-7-24(8-6-13)15-10-25(11-15)14-1-2-16-17(9-14)22(31)26(21(16)30)18-3-4-19(28)23-20(18)29/h1-2,9,12-13,15,18H,3-8,10-11H2,(H,23,28,29). The van der Waals surface area contributed by atoms with E-state index in [-0.39, 0.29) is 24.7 Å². The van der Waals surface area contributed by atoms with Gasteiger partial charge in [0.2, 0.25) is 11.8 Å². The maximum absolute atomic E-state index is 13.0. The number of carbonyl (C=O) groups excluding carboxylic acids is 5. The summed E-state index contributed by atoms with van der Waals surface area (Å²) in [4.78, 5) is 65.9. The zero-order valence-corrected chi connectivity index (χ0v) is 17.1. The number of aldehydes is 1. The molecule has 0 spiro atoms. The van der Waals surface area contributed by atoms with E-state index in [9.17, 15) is 24.0 Å². The van der Waals surface area contributed by atoms with Crippen LogP contribution in [0.4, 0.5) is 5.69 Å². The van der Waals surface area contributed by atoms with Crippen LogP contribution in [0.25, 0.3) is 0 Å². The molecule has 0 saturated carbocycles. The number of amides is 4. The van der Waals surface area contributed by atoms with E-state index in [1.807, 2.05) is 6.07 Å². The van der Waals surface area contributed by atoms with Crippen molar-refractivity contribution in [3.05, 3.63) is 29.3 Å². The van der Waals surface area contributed by atoms with Crippen LogP contribution in [0.3, 0.4) is 0 Å². The number of anilines is 1. The molecule has 3 saturated heterocycles. The molecule has 3 fully saturated rings. The maximum atomic E-state index is 13.0. The molecular formula is C22H24N4O5. The van der Waals surface area contributed by atoms with Gasteiger partial charge in [-0.1, -0.05) is 0 Å². The molecule has 1 atom stereocenters. The van der Waals surface area contributed by atoms with Crippen LogP contribution in [0, 0.1) is 5.92 Å². The summed E-state index contributed by atoms with van der Waals surface area (Å²) in [7, 11) is 0. The number of carbonyl (C=O) groups is 5. The number of rotatable bonds is 4. The Kier molecular flexibility index (Phi) is 4.85. The van der Waals surface area contributed by atoms with Gasteiger partial charge in [0.05, 0.1) is 11.1 Å². The zero-order chi connectivity index (χ0) is 21.7. The monoisotopic (exact) mass is 424 g/mol. The molecule has 1 aromatic carbocycles. The molecule has 9 nitrogen and oxygen atoms in total. The molecule has 4 aliphatic rings. The fourth-order valence-electron chi connectivity index (χ4n) is 4.97. The highest BCUT2D eigenvalue weighted by atomic mass is 16.2. The van der Waals surface area contributed by atoms with Crippen LogP contribution in [0.2, 0.25) is 0 Å². The Balaban J connectivity index is 1.27. The largest absolute Gasteiger partial charge is 0.368 e. The average Bonchev–Trinajstić information content (AvgIpc) is 2.98. The number of nitrogens with zero attached hydrogens (tertiary/aromatic N) is 3. The summed E-state index contributed by atoms with van der Waals surface area (Å²) in [5.74, 6) is -1.78. The summed E-state index contributed by atoms with van der Waals surface area (Å²) in [6.07, 6.45) is 3.13. The molecule has 5 rings (SSSR count). The average molecular weight is 424 g/mol. The highest BCUT2D eigenvalue weighted by molar-refractivity contribution is 6.23. The van der Waals surface area contributed by atoms with Gasteiger partial charge in [-0.2, -0.15) is 0 Å². The van der Waals surface area contributed by atoms with Gasteiger partial charge in [0, 0.05) is 37.2 Å². The lowest BCUT2D eigenvalue weighted by atomic mass is 9.95. The third-order valence-corrected chi connectivity index (χ3v) is 6.93. The second-order valence-corrected chi connectivity index (χ2v) is 8.75. The van der Waals surface area contributed by atoms with Crippen molar-refractivity contribution in [2.45, 2.75) is 37.8 Å². The summed E-state index contributed by atoms with van der Waals surface area (Å²) in [5, 5.41) is 2.21. The van der Waals surface area contributed by atoms with Crippen molar-refractivity contribution in [2.75, 3.05) is 31.1 Å². The molecule has 162 valence electrons. The molecule has 0 aromatic heterocycles. The molecule has 31 heavy (non-hydrogen) atoms.